The van der Waals surface area contributed by atoms with Crippen LogP contribution in [-0.4, -0.2) is 5.78 Å². The molecule has 88 valence electrons. The molecule has 1 aliphatic carbocycles. The highest BCUT2D eigenvalue weighted by Gasteiger charge is 2.28. The van der Waals surface area contributed by atoms with Crippen molar-refractivity contribution in [3.63, 3.8) is 0 Å². The molecule has 1 unspecified atom stereocenters. The monoisotopic (exact) mass is 226 g/mol. The molecular weight excluding hydrogens is 208 g/mol. The quantitative estimate of drug-likeness (QED) is 0.619. The van der Waals surface area contributed by atoms with Gasteiger partial charge in [-0.3, -0.25) is 4.79 Å². The van der Waals surface area contributed by atoms with Crippen molar-refractivity contribution in [3.05, 3.63) is 34.9 Å². The Morgan fingerprint density at radius 2 is 2.00 bits per heavy atom. The number of benzene rings is 1. The Hall–Kier alpha value is -1.55. The van der Waals surface area contributed by atoms with E-state index in [4.69, 9.17) is 0 Å². The van der Waals surface area contributed by atoms with Gasteiger partial charge < -0.3 is 0 Å². The van der Waals surface area contributed by atoms with E-state index in [0.29, 0.717) is 0 Å². The first-order chi connectivity index (χ1) is 7.88. The molecule has 0 radical (unpaired) electrons. The summed E-state index contributed by atoms with van der Waals surface area (Å²) in [6.45, 7) is 8.27. The number of carbonyl (C=O) groups excluding carboxylic acids is 1. The topological polar surface area (TPSA) is 17.1 Å². The van der Waals surface area contributed by atoms with E-state index in [0.717, 1.165) is 23.1 Å². The van der Waals surface area contributed by atoms with Gasteiger partial charge in [-0.1, -0.05) is 30.9 Å². The first-order valence-electron chi connectivity index (χ1n) is 6.08. The van der Waals surface area contributed by atoms with E-state index in [1.54, 1.807) is 0 Å². The van der Waals surface area contributed by atoms with Crippen LogP contribution in [0.25, 0.3) is 0 Å². The summed E-state index contributed by atoms with van der Waals surface area (Å²) in [7, 11) is 0. The highest BCUT2D eigenvalue weighted by atomic mass is 16.1. The molecule has 1 aromatic rings. The number of carbonyl (C=O) groups is 1. The molecule has 0 aliphatic heterocycles. The molecule has 0 amide bonds. The van der Waals surface area contributed by atoms with E-state index in [-0.39, 0.29) is 17.1 Å². The van der Waals surface area contributed by atoms with Gasteiger partial charge in [0.05, 0.1) is 0 Å². The van der Waals surface area contributed by atoms with Gasteiger partial charge in [-0.15, -0.1) is 0 Å². The van der Waals surface area contributed by atoms with Crippen LogP contribution in [0.3, 0.4) is 0 Å². The molecule has 0 saturated carbocycles. The maximum absolute atomic E-state index is 11.9. The van der Waals surface area contributed by atoms with Crippen molar-refractivity contribution in [2.75, 3.05) is 0 Å². The predicted octanol–water partition coefficient (Wildman–Crippen LogP) is 3.46. The molecular formula is C16H18O. The fourth-order valence-corrected chi connectivity index (χ4v) is 2.07. The second-order valence-electron chi connectivity index (χ2n) is 5.80. The van der Waals surface area contributed by atoms with E-state index in [1.165, 1.54) is 0 Å². The van der Waals surface area contributed by atoms with Crippen molar-refractivity contribution < 1.29 is 4.79 Å². The lowest BCUT2D eigenvalue weighted by atomic mass is 9.96. The minimum absolute atomic E-state index is 0.00302. The standard InChI is InChI=1S/C16H18O/c1-11-10-14-12(8-9-16(2,3)4)6-5-7-13(14)15(11)17/h5-7,11H,10H2,1-4H3. The van der Waals surface area contributed by atoms with Crippen molar-refractivity contribution in [2.24, 2.45) is 11.3 Å². The van der Waals surface area contributed by atoms with Crippen LogP contribution in [0.2, 0.25) is 0 Å². The summed E-state index contributed by atoms with van der Waals surface area (Å²) in [6.07, 6.45) is 0.836. The van der Waals surface area contributed by atoms with E-state index in [1.807, 2.05) is 25.1 Å². The summed E-state index contributed by atoms with van der Waals surface area (Å²) in [4.78, 5) is 11.9. The largest absolute Gasteiger partial charge is 0.294 e. The van der Waals surface area contributed by atoms with Crippen LogP contribution in [0.15, 0.2) is 18.2 Å². The molecule has 17 heavy (non-hydrogen) atoms. The summed E-state index contributed by atoms with van der Waals surface area (Å²) < 4.78 is 0. The molecule has 1 aliphatic rings. The van der Waals surface area contributed by atoms with Crippen LogP contribution in [0.1, 0.15) is 49.2 Å². The summed E-state index contributed by atoms with van der Waals surface area (Å²) in [5.74, 6) is 6.84. The van der Waals surface area contributed by atoms with Crippen LogP contribution in [0.5, 0.6) is 0 Å². The van der Waals surface area contributed by atoms with Gasteiger partial charge in [0.15, 0.2) is 5.78 Å². The third-order valence-corrected chi connectivity index (χ3v) is 2.97. The van der Waals surface area contributed by atoms with Crippen molar-refractivity contribution in [1.29, 1.82) is 0 Å². The van der Waals surface area contributed by atoms with Gasteiger partial charge in [-0.05, 0) is 38.8 Å². The fraction of sp³-hybridized carbons (Fsp3) is 0.438. The summed E-state index contributed by atoms with van der Waals surface area (Å²) in [5.41, 5.74) is 3.03. The Labute approximate surface area is 103 Å². The van der Waals surface area contributed by atoms with E-state index in [2.05, 4.69) is 32.6 Å². The molecule has 0 aromatic heterocycles. The molecule has 0 saturated heterocycles. The van der Waals surface area contributed by atoms with Gasteiger partial charge in [0, 0.05) is 22.5 Å². The lowest BCUT2D eigenvalue weighted by molar-refractivity contribution is 0.0946. The second-order valence-corrected chi connectivity index (χ2v) is 5.80. The second kappa shape index (κ2) is 4.04. The number of fused-ring (bicyclic) bond motifs is 1. The number of hydrogen-bond acceptors (Lipinski definition) is 1. The maximum Gasteiger partial charge on any atom is 0.166 e. The SMILES string of the molecule is CC1Cc2c(C#CC(C)(C)C)cccc2C1=O. The highest BCUT2D eigenvalue weighted by molar-refractivity contribution is 6.02. The zero-order valence-electron chi connectivity index (χ0n) is 10.9. The van der Waals surface area contributed by atoms with Crippen LogP contribution >= 0.6 is 0 Å². The Bertz CT molecular complexity index is 521. The van der Waals surface area contributed by atoms with Crippen LogP contribution in [0.4, 0.5) is 0 Å². The summed E-state index contributed by atoms with van der Waals surface area (Å²) >= 11 is 0. The zero-order chi connectivity index (χ0) is 12.6. The van der Waals surface area contributed by atoms with Gasteiger partial charge in [0.2, 0.25) is 0 Å². The van der Waals surface area contributed by atoms with Crippen molar-refractivity contribution in [2.45, 2.75) is 34.1 Å². The Balaban J connectivity index is 2.45. The molecule has 0 fully saturated rings. The highest BCUT2D eigenvalue weighted by Crippen LogP contribution is 2.29. The third-order valence-electron chi connectivity index (χ3n) is 2.97. The average molecular weight is 226 g/mol. The minimum Gasteiger partial charge on any atom is -0.294 e. The molecule has 2 rings (SSSR count). The van der Waals surface area contributed by atoms with Crippen molar-refractivity contribution >= 4 is 5.78 Å². The third kappa shape index (κ3) is 2.42. The van der Waals surface area contributed by atoms with E-state index < -0.39 is 0 Å². The Morgan fingerprint density at radius 3 is 2.65 bits per heavy atom. The molecule has 0 heterocycles. The predicted molar refractivity (Wildman–Crippen MR) is 70.0 cm³/mol. The number of Topliss-reactive ketones (excluding diaryl/α,β-unsaturated/α-hetero) is 1. The summed E-state index contributed by atoms with van der Waals surface area (Å²) in [5, 5.41) is 0. The number of hydrogen-bond donors (Lipinski definition) is 0. The van der Waals surface area contributed by atoms with Gasteiger partial charge in [-0.25, -0.2) is 0 Å². The zero-order valence-corrected chi connectivity index (χ0v) is 10.9. The minimum atomic E-state index is -0.00302. The van der Waals surface area contributed by atoms with Gasteiger partial charge in [-0.2, -0.15) is 0 Å². The molecule has 1 aromatic carbocycles. The maximum atomic E-state index is 11.9. The Morgan fingerprint density at radius 1 is 1.29 bits per heavy atom. The average Bonchev–Trinajstić information content (AvgIpc) is 2.52. The summed E-state index contributed by atoms with van der Waals surface area (Å²) in [6, 6.07) is 5.87. The molecule has 1 nitrogen and oxygen atoms in total. The van der Waals surface area contributed by atoms with Crippen molar-refractivity contribution in [3.8, 4) is 11.8 Å². The van der Waals surface area contributed by atoms with Crippen molar-refractivity contribution in [1.82, 2.24) is 0 Å². The van der Waals surface area contributed by atoms with E-state index in [9.17, 15) is 4.79 Å². The molecule has 0 spiro atoms. The van der Waals surface area contributed by atoms with Gasteiger partial charge >= 0.3 is 0 Å². The number of ketones is 1. The fourth-order valence-electron chi connectivity index (χ4n) is 2.07. The Kier molecular flexibility index (Phi) is 2.83. The van der Waals surface area contributed by atoms with Crippen LogP contribution in [-0.2, 0) is 6.42 Å². The first kappa shape index (κ1) is 11.9. The normalized spacial score (nSPS) is 18.6. The first-order valence-corrected chi connectivity index (χ1v) is 6.08. The lowest BCUT2D eigenvalue weighted by Gasteiger charge is -2.07. The lowest BCUT2D eigenvalue weighted by Crippen LogP contribution is -2.02. The van der Waals surface area contributed by atoms with Gasteiger partial charge in [0.25, 0.3) is 0 Å². The smallest absolute Gasteiger partial charge is 0.166 e. The number of rotatable bonds is 0. The molecule has 0 N–H and O–H groups in total. The van der Waals surface area contributed by atoms with Gasteiger partial charge in [0.1, 0.15) is 0 Å². The molecule has 0 bridgehead atoms. The molecule has 1 heteroatoms. The molecule has 1 atom stereocenters. The van der Waals surface area contributed by atoms with Crippen LogP contribution in [0, 0.1) is 23.2 Å². The van der Waals surface area contributed by atoms with E-state index >= 15 is 0 Å². The van der Waals surface area contributed by atoms with Crippen LogP contribution < -0.4 is 0 Å².